The Balaban J connectivity index is 1.98. The van der Waals surface area contributed by atoms with Crippen molar-refractivity contribution in [3.8, 4) is 0 Å². The number of nitrogens with zero attached hydrogens (tertiary/aromatic N) is 3. The predicted molar refractivity (Wildman–Crippen MR) is 84.3 cm³/mol. The molecule has 2 rings (SSSR count). The van der Waals surface area contributed by atoms with E-state index in [-0.39, 0.29) is 0 Å². The van der Waals surface area contributed by atoms with Crippen LogP contribution in [-0.2, 0) is 0 Å². The summed E-state index contributed by atoms with van der Waals surface area (Å²) in [5.41, 5.74) is 11.5. The van der Waals surface area contributed by atoms with Gasteiger partial charge in [-0.25, -0.2) is 4.98 Å². The van der Waals surface area contributed by atoms with Gasteiger partial charge in [-0.15, -0.1) is 0 Å². The van der Waals surface area contributed by atoms with E-state index in [1.807, 2.05) is 0 Å². The van der Waals surface area contributed by atoms with Crippen molar-refractivity contribution in [2.45, 2.75) is 19.3 Å². The Kier molecular flexibility index (Phi) is 5.95. The molecule has 0 unspecified atom stereocenters. The lowest BCUT2D eigenvalue weighted by atomic mass is 10.2. The van der Waals surface area contributed by atoms with Crippen LogP contribution in [0.4, 0.5) is 5.82 Å². The van der Waals surface area contributed by atoms with E-state index >= 15 is 0 Å². The standard InChI is InChI=1S/C15H25N5O/c16-6-1-2-8-19-9-4-10-20(12-11-19)15-13(14(17)21)5-3-7-18-15/h3,5,7H,1-2,4,6,8-12,16H2,(H2,17,21). The molecule has 21 heavy (non-hydrogen) atoms. The van der Waals surface area contributed by atoms with Crippen LogP contribution in [0.3, 0.4) is 0 Å². The number of carbonyl (C=O) groups is 1. The quantitative estimate of drug-likeness (QED) is 0.742. The summed E-state index contributed by atoms with van der Waals surface area (Å²) < 4.78 is 0. The van der Waals surface area contributed by atoms with E-state index in [4.69, 9.17) is 11.5 Å². The number of aromatic nitrogens is 1. The van der Waals surface area contributed by atoms with Crippen LogP contribution in [0.25, 0.3) is 0 Å². The van der Waals surface area contributed by atoms with Crippen LogP contribution in [-0.4, -0.2) is 55.1 Å². The lowest BCUT2D eigenvalue weighted by Crippen LogP contribution is -2.33. The van der Waals surface area contributed by atoms with Gasteiger partial charge < -0.3 is 21.3 Å². The Bertz CT molecular complexity index is 465. The summed E-state index contributed by atoms with van der Waals surface area (Å²) in [6.07, 6.45) is 5.00. The fourth-order valence-electron chi connectivity index (χ4n) is 2.73. The highest BCUT2D eigenvalue weighted by atomic mass is 16.1. The Hall–Kier alpha value is -1.66. The summed E-state index contributed by atoms with van der Waals surface area (Å²) in [5.74, 6) is 0.302. The van der Waals surface area contributed by atoms with Crippen molar-refractivity contribution in [2.75, 3.05) is 44.2 Å². The Labute approximate surface area is 126 Å². The Morgan fingerprint density at radius 1 is 1.24 bits per heavy atom. The summed E-state index contributed by atoms with van der Waals surface area (Å²) in [6, 6.07) is 3.50. The topological polar surface area (TPSA) is 88.5 Å². The molecule has 2 heterocycles. The Morgan fingerprint density at radius 3 is 2.86 bits per heavy atom. The van der Waals surface area contributed by atoms with Crippen molar-refractivity contribution in [1.29, 1.82) is 0 Å². The number of unbranched alkanes of at least 4 members (excludes halogenated alkanes) is 1. The average Bonchev–Trinajstić information content (AvgIpc) is 2.73. The molecule has 0 aromatic carbocycles. The van der Waals surface area contributed by atoms with E-state index in [2.05, 4.69) is 14.8 Å². The van der Waals surface area contributed by atoms with Crippen LogP contribution >= 0.6 is 0 Å². The maximum absolute atomic E-state index is 11.5. The first kappa shape index (κ1) is 15.7. The second kappa shape index (κ2) is 7.95. The molecule has 0 radical (unpaired) electrons. The molecule has 0 bridgehead atoms. The van der Waals surface area contributed by atoms with Gasteiger partial charge in [0.2, 0.25) is 0 Å². The first-order valence-corrected chi connectivity index (χ1v) is 7.64. The van der Waals surface area contributed by atoms with Gasteiger partial charge in [0.25, 0.3) is 5.91 Å². The molecular formula is C15H25N5O. The van der Waals surface area contributed by atoms with Crippen LogP contribution < -0.4 is 16.4 Å². The minimum absolute atomic E-state index is 0.415. The molecular weight excluding hydrogens is 266 g/mol. The van der Waals surface area contributed by atoms with Gasteiger partial charge in [-0.3, -0.25) is 4.79 Å². The highest BCUT2D eigenvalue weighted by molar-refractivity contribution is 5.97. The minimum Gasteiger partial charge on any atom is -0.365 e. The number of nitrogens with two attached hydrogens (primary N) is 2. The SMILES string of the molecule is NCCCCN1CCCN(c2ncccc2C(N)=O)CC1. The second-order valence-corrected chi connectivity index (χ2v) is 5.42. The fourth-order valence-corrected chi connectivity index (χ4v) is 2.73. The molecule has 1 aromatic heterocycles. The predicted octanol–water partition coefficient (Wildman–Crippen LogP) is 0.432. The largest absolute Gasteiger partial charge is 0.365 e. The second-order valence-electron chi connectivity index (χ2n) is 5.42. The van der Waals surface area contributed by atoms with Gasteiger partial charge in [0.1, 0.15) is 5.82 Å². The fraction of sp³-hybridized carbons (Fsp3) is 0.600. The number of carbonyl (C=O) groups excluding carboxylic acids is 1. The van der Waals surface area contributed by atoms with Crippen LogP contribution in [0.5, 0.6) is 0 Å². The molecule has 6 nitrogen and oxygen atoms in total. The summed E-state index contributed by atoms with van der Waals surface area (Å²) in [7, 11) is 0. The van der Waals surface area contributed by atoms with Crippen molar-refractivity contribution < 1.29 is 4.79 Å². The zero-order valence-corrected chi connectivity index (χ0v) is 12.5. The third-order valence-electron chi connectivity index (χ3n) is 3.87. The van der Waals surface area contributed by atoms with Gasteiger partial charge in [0.15, 0.2) is 0 Å². The van der Waals surface area contributed by atoms with E-state index in [0.717, 1.165) is 58.5 Å². The molecule has 1 aliphatic rings. The molecule has 0 saturated carbocycles. The number of primary amides is 1. The van der Waals surface area contributed by atoms with E-state index in [9.17, 15) is 4.79 Å². The lowest BCUT2D eigenvalue weighted by molar-refractivity contribution is 0.100. The molecule has 0 atom stereocenters. The van der Waals surface area contributed by atoms with E-state index in [0.29, 0.717) is 11.4 Å². The first-order valence-electron chi connectivity index (χ1n) is 7.64. The van der Waals surface area contributed by atoms with Gasteiger partial charge in [0.05, 0.1) is 5.56 Å². The number of anilines is 1. The molecule has 116 valence electrons. The van der Waals surface area contributed by atoms with Gasteiger partial charge in [-0.1, -0.05) is 0 Å². The van der Waals surface area contributed by atoms with Crippen LogP contribution in [0.1, 0.15) is 29.6 Å². The van der Waals surface area contributed by atoms with Crippen molar-refractivity contribution in [1.82, 2.24) is 9.88 Å². The average molecular weight is 291 g/mol. The van der Waals surface area contributed by atoms with Crippen LogP contribution in [0.2, 0.25) is 0 Å². The molecule has 1 saturated heterocycles. The lowest BCUT2D eigenvalue weighted by Gasteiger charge is -2.24. The Morgan fingerprint density at radius 2 is 2.10 bits per heavy atom. The zero-order chi connectivity index (χ0) is 15.1. The van der Waals surface area contributed by atoms with Gasteiger partial charge in [-0.05, 0) is 51.0 Å². The normalized spacial score (nSPS) is 16.7. The molecule has 6 heteroatoms. The monoisotopic (exact) mass is 291 g/mol. The highest BCUT2D eigenvalue weighted by Gasteiger charge is 2.19. The summed E-state index contributed by atoms with van der Waals surface area (Å²) >= 11 is 0. The highest BCUT2D eigenvalue weighted by Crippen LogP contribution is 2.18. The van der Waals surface area contributed by atoms with Crippen molar-refractivity contribution >= 4 is 11.7 Å². The smallest absolute Gasteiger partial charge is 0.252 e. The number of pyridine rings is 1. The molecule has 1 aliphatic heterocycles. The van der Waals surface area contributed by atoms with Crippen molar-refractivity contribution in [2.24, 2.45) is 11.5 Å². The molecule has 1 amide bonds. The number of rotatable bonds is 6. The van der Waals surface area contributed by atoms with Crippen LogP contribution in [0.15, 0.2) is 18.3 Å². The third-order valence-corrected chi connectivity index (χ3v) is 3.87. The summed E-state index contributed by atoms with van der Waals surface area (Å²) in [4.78, 5) is 20.5. The van der Waals surface area contributed by atoms with E-state index in [1.165, 1.54) is 0 Å². The molecule has 4 N–H and O–H groups in total. The van der Waals surface area contributed by atoms with Crippen LogP contribution in [0, 0.1) is 0 Å². The molecule has 0 spiro atoms. The van der Waals surface area contributed by atoms with Crippen molar-refractivity contribution in [3.63, 3.8) is 0 Å². The van der Waals surface area contributed by atoms with E-state index in [1.54, 1.807) is 18.3 Å². The molecule has 1 fully saturated rings. The van der Waals surface area contributed by atoms with Gasteiger partial charge in [0, 0.05) is 25.8 Å². The first-order chi connectivity index (χ1) is 10.2. The third kappa shape index (κ3) is 4.41. The maximum Gasteiger partial charge on any atom is 0.252 e. The number of hydrogen-bond acceptors (Lipinski definition) is 5. The molecule has 0 aliphatic carbocycles. The zero-order valence-electron chi connectivity index (χ0n) is 12.5. The molecule has 1 aromatic rings. The van der Waals surface area contributed by atoms with Gasteiger partial charge >= 0.3 is 0 Å². The van der Waals surface area contributed by atoms with Gasteiger partial charge in [-0.2, -0.15) is 0 Å². The summed E-state index contributed by atoms with van der Waals surface area (Å²) in [5, 5.41) is 0. The minimum atomic E-state index is -0.415. The van der Waals surface area contributed by atoms with E-state index < -0.39 is 5.91 Å². The number of amides is 1. The maximum atomic E-state index is 11.5. The number of hydrogen-bond donors (Lipinski definition) is 2. The van der Waals surface area contributed by atoms with Crippen molar-refractivity contribution in [3.05, 3.63) is 23.9 Å². The summed E-state index contributed by atoms with van der Waals surface area (Å²) in [6.45, 7) is 5.70.